The second-order valence-electron chi connectivity index (χ2n) is 13.2. The molecule has 4 unspecified atom stereocenters. The molecule has 9 heteroatoms. The van der Waals surface area contributed by atoms with Gasteiger partial charge in [-0.3, -0.25) is 9.59 Å². The predicted molar refractivity (Wildman–Crippen MR) is 146 cm³/mol. The maximum Gasteiger partial charge on any atom is 0.335 e. The Labute approximate surface area is 240 Å². The van der Waals surface area contributed by atoms with Crippen LogP contribution in [-0.4, -0.2) is 48.1 Å². The minimum Gasteiger partial charge on any atom is -0.472 e. The van der Waals surface area contributed by atoms with Crippen LogP contribution in [0.15, 0.2) is 46.3 Å². The molecule has 3 aliphatic carbocycles. The summed E-state index contributed by atoms with van der Waals surface area (Å²) in [6.45, 7) is 11.0. The Morgan fingerprint density at radius 2 is 1.88 bits per heavy atom. The average molecular weight is 569 g/mol. The fourth-order valence-electron chi connectivity index (χ4n) is 8.68. The molecule has 0 aromatic carbocycles. The molecular formula is C32H40O9. The van der Waals surface area contributed by atoms with Gasteiger partial charge in [0.1, 0.15) is 18.0 Å². The summed E-state index contributed by atoms with van der Waals surface area (Å²) in [7, 11) is 1.20. The topological polar surface area (TPSA) is 129 Å². The lowest BCUT2D eigenvalue weighted by Gasteiger charge is -2.64. The van der Waals surface area contributed by atoms with Gasteiger partial charge in [-0.15, -0.1) is 0 Å². The van der Waals surface area contributed by atoms with Crippen LogP contribution in [0.5, 0.6) is 0 Å². The van der Waals surface area contributed by atoms with E-state index in [1.165, 1.54) is 7.11 Å². The highest BCUT2D eigenvalue weighted by molar-refractivity contribution is 5.95. The number of ketones is 1. The number of aliphatic hydroxyl groups excluding tert-OH is 1. The molecule has 2 saturated carbocycles. The lowest BCUT2D eigenvalue weighted by Crippen LogP contribution is -2.69. The van der Waals surface area contributed by atoms with Crippen molar-refractivity contribution in [2.75, 3.05) is 7.11 Å². The van der Waals surface area contributed by atoms with E-state index in [4.69, 9.17) is 18.6 Å². The van der Waals surface area contributed by atoms with E-state index in [-0.39, 0.29) is 30.0 Å². The fourth-order valence-corrected chi connectivity index (χ4v) is 8.68. The first-order valence-electron chi connectivity index (χ1n) is 14.3. The average Bonchev–Trinajstić information content (AvgIpc) is 3.46. The molecule has 9 nitrogen and oxygen atoms in total. The van der Waals surface area contributed by atoms with Crippen molar-refractivity contribution >= 4 is 23.7 Å². The van der Waals surface area contributed by atoms with Crippen molar-refractivity contribution in [2.24, 2.45) is 39.9 Å². The number of fused-ring (bicyclic) bond motifs is 6. The van der Waals surface area contributed by atoms with Crippen LogP contribution in [0.1, 0.15) is 72.5 Å². The number of cyclic esters (lactones) is 1. The zero-order chi connectivity index (χ0) is 30.1. The SMILES string of the molecule is CC=C(C)C(=O)OC1[C@H]2C=C3C4CC(=O)O[C@@H](c5ccoc5)[C@]4(C)CCC3[C@@](C)(C2=O)[C@@H](C(O)C(=O)OC)C1(C)C. The van der Waals surface area contributed by atoms with Crippen molar-refractivity contribution < 1.29 is 42.9 Å². The quantitative estimate of drug-likeness (QED) is 0.236. The second-order valence-corrected chi connectivity index (χ2v) is 13.2. The van der Waals surface area contributed by atoms with Crippen molar-refractivity contribution in [1.82, 2.24) is 0 Å². The Morgan fingerprint density at radius 3 is 2.49 bits per heavy atom. The van der Waals surface area contributed by atoms with Crippen LogP contribution in [0.3, 0.4) is 0 Å². The number of methoxy groups -OCH3 is 1. The molecule has 5 rings (SSSR count). The van der Waals surface area contributed by atoms with Gasteiger partial charge in [0, 0.05) is 33.3 Å². The largest absolute Gasteiger partial charge is 0.472 e. The molecular weight excluding hydrogens is 528 g/mol. The van der Waals surface area contributed by atoms with E-state index in [9.17, 15) is 24.3 Å². The van der Waals surface area contributed by atoms with E-state index in [1.54, 1.807) is 38.5 Å². The molecule has 1 saturated heterocycles. The number of esters is 3. The number of carbonyl (C=O) groups excluding carboxylic acids is 4. The highest BCUT2D eigenvalue weighted by atomic mass is 16.6. The summed E-state index contributed by atoms with van der Waals surface area (Å²) >= 11 is 0. The third-order valence-corrected chi connectivity index (χ3v) is 10.8. The minimum atomic E-state index is -1.63. The number of allylic oxidation sites excluding steroid dienone is 2. The zero-order valence-electron chi connectivity index (χ0n) is 24.8. The molecule has 2 bridgehead atoms. The van der Waals surface area contributed by atoms with Gasteiger partial charge in [-0.1, -0.05) is 45.4 Å². The number of ether oxygens (including phenoxy) is 3. The van der Waals surface area contributed by atoms with Crippen LogP contribution < -0.4 is 0 Å². The smallest absolute Gasteiger partial charge is 0.335 e. The molecule has 41 heavy (non-hydrogen) atoms. The summed E-state index contributed by atoms with van der Waals surface area (Å²) < 4.78 is 22.2. The van der Waals surface area contributed by atoms with Crippen LogP contribution in [0.2, 0.25) is 0 Å². The highest BCUT2D eigenvalue weighted by Crippen LogP contribution is 2.68. The van der Waals surface area contributed by atoms with Crippen LogP contribution in [0, 0.1) is 39.9 Å². The fraction of sp³-hybridized carbons (Fsp3) is 0.625. The molecule has 0 spiro atoms. The van der Waals surface area contributed by atoms with E-state index < -0.39 is 58.3 Å². The van der Waals surface area contributed by atoms with Gasteiger partial charge in [0.05, 0.1) is 32.0 Å². The van der Waals surface area contributed by atoms with E-state index in [1.807, 2.05) is 26.8 Å². The Kier molecular flexibility index (Phi) is 7.12. The standard InChI is InChI=1S/C32H40O9/c1-8-16(2)28(36)41-27-19-13-18-20(32(6,25(19)35)24(30(27,3)4)23(34)29(37)38-7)9-11-31(5)21(18)14-22(33)40-26(31)17-10-12-39-15-17/h8,10,12-13,15,19-21,23-24,26-27,34H,9,11,14H2,1-7H3/t19-,20?,21?,23?,24-,26-,27?,31+,32+/m0/s1. The number of Topliss-reactive ketones (excluding diaryl/α,β-unsaturated/α-hetero) is 1. The summed E-state index contributed by atoms with van der Waals surface area (Å²) in [5.74, 6) is -4.27. The first-order chi connectivity index (χ1) is 19.2. The van der Waals surface area contributed by atoms with Crippen molar-refractivity contribution in [1.29, 1.82) is 0 Å². The van der Waals surface area contributed by atoms with Gasteiger partial charge in [0.15, 0.2) is 6.10 Å². The number of hydrogen-bond donors (Lipinski definition) is 1. The number of hydrogen-bond acceptors (Lipinski definition) is 9. The van der Waals surface area contributed by atoms with E-state index in [2.05, 4.69) is 6.92 Å². The van der Waals surface area contributed by atoms with Crippen molar-refractivity contribution in [3.8, 4) is 0 Å². The Morgan fingerprint density at radius 1 is 1.17 bits per heavy atom. The van der Waals surface area contributed by atoms with Gasteiger partial charge < -0.3 is 23.7 Å². The van der Waals surface area contributed by atoms with Gasteiger partial charge in [0.25, 0.3) is 0 Å². The van der Waals surface area contributed by atoms with Crippen molar-refractivity contribution in [2.45, 2.75) is 79.1 Å². The van der Waals surface area contributed by atoms with E-state index in [0.29, 0.717) is 18.4 Å². The molecule has 3 fully saturated rings. The lowest BCUT2D eigenvalue weighted by atomic mass is 9.40. The number of aliphatic hydroxyl groups is 1. The first-order valence-corrected chi connectivity index (χ1v) is 14.3. The third-order valence-electron chi connectivity index (χ3n) is 10.8. The summed E-state index contributed by atoms with van der Waals surface area (Å²) in [6, 6.07) is 1.80. The van der Waals surface area contributed by atoms with Crippen LogP contribution in [-0.2, 0) is 33.4 Å². The first kappa shape index (κ1) is 29.3. The number of carbonyl (C=O) groups is 4. The summed E-state index contributed by atoms with van der Waals surface area (Å²) in [6.07, 6.45) is 4.96. The number of furan rings is 1. The molecule has 1 aromatic heterocycles. The van der Waals surface area contributed by atoms with Crippen molar-refractivity contribution in [3.05, 3.63) is 47.5 Å². The Balaban J connectivity index is 1.69. The normalized spacial score (nSPS) is 38.5. The Hall–Kier alpha value is -3.20. The van der Waals surface area contributed by atoms with Gasteiger partial charge in [-0.25, -0.2) is 9.59 Å². The predicted octanol–water partition coefficient (Wildman–Crippen LogP) is 4.50. The summed E-state index contributed by atoms with van der Waals surface area (Å²) in [5.41, 5.74) is -0.563. The summed E-state index contributed by atoms with van der Waals surface area (Å²) in [5, 5.41) is 11.5. The third kappa shape index (κ3) is 4.14. The van der Waals surface area contributed by atoms with Crippen LogP contribution in [0.25, 0.3) is 0 Å². The molecule has 222 valence electrons. The molecule has 4 aliphatic rings. The van der Waals surface area contributed by atoms with Gasteiger partial charge in [-0.2, -0.15) is 0 Å². The van der Waals surface area contributed by atoms with E-state index >= 15 is 0 Å². The molecule has 0 radical (unpaired) electrons. The molecule has 1 aromatic rings. The van der Waals surface area contributed by atoms with Crippen LogP contribution in [0.4, 0.5) is 0 Å². The maximum atomic E-state index is 14.5. The van der Waals surface area contributed by atoms with Gasteiger partial charge in [0.2, 0.25) is 0 Å². The molecule has 9 atom stereocenters. The van der Waals surface area contributed by atoms with Crippen LogP contribution >= 0.6 is 0 Å². The van der Waals surface area contributed by atoms with E-state index in [0.717, 1.165) is 11.1 Å². The molecule has 1 N–H and O–H groups in total. The molecule has 2 heterocycles. The molecule has 1 aliphatic heterocycles. The van der Waals surface area contributed by atoms with Gasteiger partial charge in [-0.05, 0) is 44.6 Å². The van der Waals surface area contributed by atoms with Crippen molar-refractivity contribution in [3.63, 3.8) is 0 Å². The Bertz CT molecular complexity index is 1320. The maximum absolute atomic E-state index is 14.5. The monoisotopic (exact) mass is 568 g/mol. The molecule has 0 amide bonds. The highest BCUT2D eigenvalue weighted by Gasteiger charge is 2.70. The zero-order valence-corrected chi connectivity index (χ0v) is 24.8. The minimum absolute atomic E-state index is 0.139. The number of rotatable bonds is 5. The van der Waals surface area contributed by atoms with Gasteiger partial charge >= 0.3 is 17.9 Å². The second kappa shape index (κ2) is 9.96. The lowest BCUT2D eigenvalue weighted by molar-refractivity contribution is -0.208. The summed E-state index contributed by atoms with van der Waals surface area (Å²) in [4.78, 5) is 53.4.